The number of hydrogen-bond acceptors (Lipinski definition) is 5. The lowest BCUT2D eigenvalue weighted by Gasteiger charge is -2.29. The molecule has 0 saturated carbocycles. The van der Waals surface area contributed by atoms with E-state index >= 15 is 0 Å². The van der Waals surface area contributed by atoms with Gasteiger partial charge in [0, 0.05) is 43.5 Å². The molecule has 3 aromatic carbocycles. The molecule has 1 amide bonds. The first-order valence-electron chi connectivity index (χ1n) is 11.7. The van der Waals surface area contributed by atoms with Crippen molar-refractivity contribution in [2.24, 2.45) is 4.99 Å². The number of ether oxygens (including phenoxy) is 1. The zero-order valence-corrected chi connectivity index (χ0v) is 19.7. The highest BCUT2D eigenvalue weighted by Crippen LogP contribution is 2.42. The van der Waals surface area contributed by atoms with Crippen molar-refractivity contribution in [3.05, 3.63) is 77.4 Å². The van der Waals surface area contributed by atoms with Crippen molar-refractivity contribution in [1.29, 1.82) is 0 Å². The highest BCUT2D eigenvalue weighted by Gasteiger charge is 2.35. The molecular weight excluding hydrogens is 469 g/mol. The van der Waals surface area contributed by atoms with E-state index in [2.05, 4.69) is 20.5 Å². The number of carbonyl (C=O) groups excluding carboxylic acids is 1. The molecule has 186 valence electrons. The Morgan fingerprint density at radius 3 is 2.47 bits per heavy atom. The van der Waals surface area contributed by atoms with Crippen LogP contribution in [0.5, 0.6) is 0 Å². The third kappa shape index (κ3) is 4.92. The van der Waals surface area contributed by atoms with Crippen molar-refractivity contribution in [2.75, 3.05) is 43.6 Å². The molecule has 9 heteroatoms. The molecule has 0 aromatic heterocycles. The summed E-state index contributed by atoms with van der Waals surface area (Å²) in [6.45, 7) is 2.78. The van der Waals surface area contributed by atoms with Gasteiger partial charge in [-0.15, -0.1) is 0 Å². The van der Waals surface area contributed by atoms with Crippen LogP contribution in [-0.2, 0) is 17.3 Å². The van der Waals surface area contributed by atoms with E-state index in [4.69, 9.17) is 4.74 Å². The van der Waals surface area contributed by atoms with Crippen molar-refractivity contribution in [3.8, 4) is 11.1 Å². The number of nitrogens with one attached hydrogen (secondary N) is 2. The number of halogens is 3. The van der Waals surface area contributed by atoms with Gasteiger partial charge in [0.15, 0.2) is 0 Å². The van der Waals surface area contributed by atoms with E-state index in [-0.39, 0.29) is 11.5 Å². The first-order chi connectivity index (χ1) is 17.3. The van der Waals surface area contributed by atoms with E-state index < -0.39 is 11.7 Å². The molecule has 5 rings (SSSR count). The smallest absolute Gasteiger partial charge is 0.378 e. The van der Waals surface area contributed by atoms with E-state index in [1.54, 1.807) is 49.5 Å². The van der Waals surface area contributed by atoms with Crippen LogP contribution in [0.25, 0.3) is 11.1 Å². The summed E-state index contributed by atoms with van der Waals surface area (Å²) < 4.78 is 47.5. The molecule has 2 aliphatic heterocycles. The number of amidine groups is 1. The Morgan fingerprint density at radius 1 is 1.03 bits per heavy atom. The maximum atomic E-state index is 14.0. The lowest BCUT2D eigenvalue weighted by Crippen LogP contribution is -2.36. The van der Waals surface area contributed by atoms with Crippen LogP contribution in [0.4, 0.5) is 30.2 Å². The van der Waals surface area contributed by atoms with Crippen LogP contribution in [0.15, 0.2) is 65.7 Å². The number of rotatable bonds is 4. The molecule has 36 heavy (non-hydrogen) atoms. The lowest BCUT2D eigenvalue weighted by molar-refractivity contribution is -0.137. The fourth-order valence-electron chi connectivity index (χ4n) is 4.51. The van der Waals surface area contributed by atoms with Gasteiger partial charge >= 0.3 is 6.18 Å². The summed E-state index contributed by atoms with van der Waals surface area (Å²) in [4.78, 5) is 18.5. The predicted octanol–water partition coefficient (Wildman–Crippen LogP) is 5.27. The number of morpholine rings is 1. The number of anilines is 2. The quantitative estimate of drug-likeness (QED) is 0.519. The average molecular weight is 495 g/mol. The summed E-state index contributed by atoms with van der Waals surface area (Å²) in [5.74, 6) is 0.293. The van der Waals surface area contributed by atoms with Crippen molar-refractivity contribution >= 4 is 28.8 Å². The Morgan fingerprint density at radius 2 is 1.78 bits per heavy atom. The van der Waals surface area contributed by atoms with Gasteiger partial charge in [-0.1, -0.05) is 18.2 Å². The summed E-state index contributed by atoms with van der Waals surface area (Å²) in [5, 5.41) is 5.71. The van der Waals surface area contributed by atoms with E-state index in [1.807, 2.05) is 12.1 Å². The Labute approximate surface area is 206 Å². The number of aliphatic imine (C=N–C) groups is 1. The number of hydrogen-bond donors (Lipinski definition) is 2. The second-order valence-electron chi connectivity index (χ2n) is 8.69. The summed E-state index contributed by atoms with van der Waals surface area (Å²) in [7, 11) is 1.55. The van der Waals surface area contributed by atoms with Crippen molar-refractivity contribution in [1.82, 2.24) is 5.32 Å². The second-order valence-corrected chi connectivity index (χ2v) is 8.69. The van der Waals surface area contributed by atoms with Gasteiger partial charge in [0.2, 0.25) is 0 Å². The second kappa shape index (κ2) is 9.66. The maximum absolute atomic E-state index is 14.0. The molecule has 2 N–H and O–H groups in total. The third-order valence-corrected chi connectivity index (χ3v) is 6.33. The van der Waals surface area contributed by atoms with Gasteiger partial charge in [-0.05, 0) is 59.2 Å². The van der Waals surface area contributed by atoms with Gasteiger partial charge in [0.05, 0.1) is 24.5 Å². The molecule has 1 saturated heterocycles. The van der Waals surface area contributed by atoms with Crippen LogP contribution in [0.3, 0.4) is 0 Å². The molecule has 3 aromatic rings. The van der Waals surface area contributed by atoms with Crippen LogP contribution < -0.4 is 15.5 Å². The molecule has 0 spiro atoms. The zero-order valence-electron chi connectivity index (χ0n) is 19.7. The monoisotopic (exact) mass is 494 g/mol. The number of amides is 1. The highest BCUT2D eigenvalue weighted by atomic mass is 19.4. The molecule has 0 bridgehead atoms. The number of fused-ring (bicyclic) bond motifs is 1. The first-order valence-corrected chi connectivity index (χ1v) is 11.7. The van der Waals surface area contributed by atoms with Crippen molar-refractivity contribution in [2.45, 2.75) is 12.6 Å². The SMILES string of the molecule is CNC(=O)c1cccc(NC2=Nc3cc(C(F)(F)F)c(-c4ccc(N5CCOCC5)cc4)cc3C2)c1. The first kappa shape index (κ1) is 23.9. The standard InChI is InChI=1S/C27H25F3N4O2/c1-31-26(35)18-3-2-4-20(13-18)32-25-15-19-14-22(23(27(28,29)30)16-24(19)33-25)17-5-7-21(8-6-17)34-9-11-36-12-10-34/h2-8,13-14,16H,9-12,15H2,1H3,(H,31,35)(H,32,33). The van der Waals surface area contributed by atoms with Gasteiger partial charge in [-0.25, -0.2) is 4.99 Å². The summed E-state index contributed by atoms with van der Waals surface area (Å²) in [6, 6.07) is 16.8. The van der Waals surface area contributed by atoms with Crippen LogP contribution in [0.1, 0.15) is 21.5 Å². The van der Waals surface area contributed by atoms with Crippen molar-refractivity contribution < 1.29 is 22.7 Å². The molecule has 2 heterocycles. The van der Waals surface area contributed by atoms with E-state index in [0.29, 0.717) is 53.5 Å². The minimum absolute atomic E-state index is 0.132. The largest absolute Gasteiger partial charge is 0.417 e. The van der Waals surface area contributed by atoms with E-state index in [9.17, 15) is 18.0 Å². The normalized spacial score (nSPS) is 15.3. The number of carbonyl (C=O) groups is 1. The third-order valence-electron chi connectivity index (χ3n) is 6.33. The Kier molecular flexibility index (Phi) is 6.40. The van der Waals surface area contributed by atoms with Crippen LogP contribution in [0, 0.1) is 0 Å². The topological polar surface area (TPSA) is 66.0 Å². The maximum Gasteiger partial charge on any atom is 0.417 e. The minimum atomic E-state index is -4.53. The Balaban J connectivity index is 1.42. The molecular formula is C27H25F3N4O2. The van der Waals surface area contributed by atoms with Gasteiger partial charge in [0.1, 0.15) is 5.84 Å². The van der Waals surface area contributed by atoms with E-state index in [0.717, 1.165) is 24.8 Å². The molecule has 2 aliphatic rings. The van der Waals surface area contributed by atoms with Gasteiger partial charge < -0.3 is 20.3 Å². The molecule has 0 atom stereocenters. The Hall–Kier alpha value is -3.85. The Bertz CT molecular complexity index is 1310. The number of benzene rings is 3. The van der Waals surface area contributed by atoms with Crippen LogP contribution >= 0.6 is 0 Å². The predicted molar refractivity (Wildman–Crippen MR) is 134 cm³/mol. The highest BCUT2D eigenvalue weighted by molar-refractivity contribution is 6.03. The molecule has 0 aliphatic carbocycles. The molecule has 0 unspecified atom stereocenters. The average Bonchev–Trinajstić information content (AvgIpc) is 3.29. The van der Waals surface area contributed by atoms with Gasteiger partial charge in [0.25, 0.3) is 5.91 Å². The lowest BCUT2D eigenvalue weighted by atomic mass is 9.95. The molecule has 0 radical (unpaired) electrons. The van der Waals surface area contributed by atoms with Gasteiger partial charge in [-0.2, -0.15) is 13.2 Å². The van der Waals surface area contributed by atoms with Crippen molar-refractivity contribution in [3.63, 3.8) is 0 Å². The fraction of sp³-hybridized carbons (Fsp3) is 0.259. The minimum Gasteiger partial charge on any atom is -0.378 e. The summed E-state index contributed by atoms with van der Waals surface area (Å²) >= 11 is 0. The molecule has 6 nitrogen and oxygen atoms in total. The fourth-order valence-corrected chi connectivity index (χ4v) is 4.51. The van der Waals surface area contributed by atoms with Crippen LogP contribution in [-0.4, -0.2) is 45.1 Å². The van der Waals surface area contributed by atoms with Crippen LogP contribution in [0.2, 0.25) is 0 Å². The van der Waals surface area contributed by atoms with Gasteiger partial charge in [-0.3, -0.25) is 4.79 Å². The van der Waals surface area contributed by atoms with E-state index in [1.165, 1.54) is 0 Å². The summed E-state index contributed by atoms with van der Waals surface area (Å²) in [6.07, 6.45) is -4.17. The number of alkyl halides is 3. The summed E-state index contributed by atoms with van der Waals surface area (Å²) in [5.41, 5.74) is 2.99. The number of nitrogens with zero attached hydrogens (tertiary/aromatic N) is 2. The zero-order chi connectivity index (χ0) is 25.3. The molecule has 1 fully saturated rings.